The second-order valence-electron chi connectivity index (χ2n) is 4.32. The Balaban J connectivity index is 2.03. The van der Waals surface area contributed by atoms with Gasteiger partial charge in [-0.1, -0.05) is 11.6 Å². The lowest BCUT2D eigenvalue weighted by Crippen LogP contribution is -2.43. The molecule has 0 saturated carbocycles. The zero-order valence-electron chi connectivity index (χ0n) is 10.6. The molecule has 6 heteroatoms. The molecule has 102 valence electrons. The molecular formula is C13H15ClN2O3. The summed E-state index contributed by atoms with van der Waals surface area (Å²) in [5.41, 5.74) is 0.658. The standard InChI is InChI=1S/C13H15ClN2O3/c1-19-13(18)16-8-2-3-11(16)12(17)15-10-6-4-9(14)5-7-10/h4-7,11H,2-3,8H2,1H3,(H,15,17)/t11-/m1/s1. The number of nitrogens with one attached hydrogen (secondary N) is 1. The third-order valence-electron chi connectivity index (χ3n) is 3.08. The molecule has 1 aliphatic rings. The van der Waals surface area contributed by atoms with Crippen LogP contribution in [-0.2, 0) is 9.53 Å². The van der Waals surface area contributed by atoms with Gasteiger partial charge in [0.25, 0.3) is 0 Å². The summed E-state index contributed by atoms with van der Waals surface area (Å²) in [7, 11) is 1.31. The van der Waals surface area contributed by atoms with Crippen molar-refractivity contribution < 1.29 is 14.3 Å². The van der Waals surface area contributed by atoms with Crippen LogP contribution in [0.5, 0.6) is 0 Å². The zero-order valence-corrected chi connectivity index (χ0v) is 11.3. The molecule has 1 atom stereocenters. The maximum atomic E-state index is 12.1. The fourth-order valence-corrected chi connectivity index (χ4v) is 2.26. The normalized spacial score (nSPS) is 18.2. The number of carbonyl (C=O) groups is 2. The molecule has 1 aromatic carbocycles. The number of ether oxygens (including phenoxy) is 1. The van der Waals surface area contributed by atoms with Crippen LogP contribution < -0.4 is 5.32 Å². The fourth-order valence-electron chi connectivity index (χ4n) is 2.13. The Morgan fingerprint density at radius 1 is 1.37 bits per heavy atom. The van der Waals surface area contributed by atoms with Crippen molar-refractivity contribution in [1.82, 2.24) is 4.90 Å². The summed E-state index contributed by atoms with van der Waals surface area (Å²) >= 11 is 5.78. The molecule has 0 spiro atoms. The Labute approximate surface area is 116 Å². The van der Waals surface area contributed by atoms with Crippen LogP contribution in [0.15, 0.2) is 24.3 Å². The van der Waals surface area contributed by atoms with Crippen molar-refractivity contribution in [2.45, 2.75) is 18.9 Å². The van der Waals surface area contributed by atoms with Gasteiger partial charge in [0.15, 0.2) is 0 Å². The number of rotatable bonds is 2. The molecule has 1 saturated heterocycles. The second-order valence-corrected chi connectivity index (χ2v) is 4.75. The van der Waals surface area contributed by atoms with Crippen LogP contribution in [0.25, 0.3) is 0 Å². The number of carbonyl (C=O) groups excluding carboxylic acids is 2. The van der Waals surface area contributed by atoms with E-state index < -0.39 is 12.1 Å². The Bertz CT molecular complexity index is 475. The quantitative estimate of drug-likeness (QED) is 0.907. The van der Waals surface area contributed by atoms with E-state index in [2.05, 4.69) is 10.1 Å². The summed E-state index contributed by atoms with van der Waals surface area (Å²) in [6, 6.07) is 6.37. The van der Waals surface area contributed by atoms with Crippen LogP contribution in [0.3, 0.4) is 0 Å². The number of halogens is 1. The maximum absolute atomic E-state index is 12.1. The molecule has 1 aliphatic heterocycles. The third kappa shape index (κ3) is 3.17. The SMILES string of the molecule is COC(=O)N1CCC[C@@H]1C(=O)Nc1ccc(Cl)cc1. The number of amides is 2. The van der Waals surface area contributed by atoms with Gasteiger partial charge in [-0.3, -0.25) is 9.69 Å². The fraction of sp³-hybridized carbons (Fsp3) is 0.385. The van der Waals surface area contributed by atoms with E-state index in [1.807, 2.05) is 0 Å². The summed E-state index contributed by atoms with van der Waals surface area (Å²) in [5.74, 6) is -0.203. The van der Waals surface area contributed by atoms with Crippen molar-refractivity contribution in [2.75, 3.05) is 19.0 Å². The zero-order chi connectivity index (χ0) is 13.8. The molecule has 1 N–H and O–H groups in total. The van der Waals surface area contributed by atoms with Crippen LogP contribution in [0, 0.1) is 0 Å². The average molecular weight is 283 g/mol. The van der Waals surface area contributed by atoms with Crippen molar-refractivity contribution in [3.05, 3.63) is 29.3 Å². The highest BCUT2D eigenvalue weighted by Gasteiger charge is 2.34. The first-order chi connectivity index (χ1) is 9.11. The molecule has 0 bridgehead atoms. The molecule has 0 radical (unpaired) electrons. The highest BCUT2D eigenvalue weighted by atomic mass is 35.5. The van der Waals surface area contributed by atoms with Crippen molar-refractivity contribution in [2.24, 2.45) is 0 Å². The number of nitrogens with zero attached hydrogens (tertiary/aromatic N) is 1. The van der Waals surface area contributed by atoms with Gasteiger partial charge in [0.1, 0.15) is 6.04 Å². The first kappa shape index (κ1) is 13.7. The van der Waals surface area contributed by atoms with Gasteiger partial charge >= 0.3 is 6.09 Å². The number of benzene rings is 1. The van der Waals surface area contributed by atoms with Gasteiger partial charge in [-0.15, -0.1) is 0 Å². The lowest BCUT2D eigenvalue weighted by Gasteiger charge is -2.22. The molecule has 2 amide bonds. The third-order valence-corrected chi connectivity index (χ3v) is 3.33. The van der Waals surface area contributed by atoms with E-state index in [0.717, 1.165) is 6.42 Å². The van der Waals surface area contributed by atoms with E-state index in [-0.39, 0.29) is 5.91 Å². The number of methoxy groups -OCH3 is 1. The summed E-state index contributed by atoms with van der Waals surface area (Å²) in [5, 5.41) is 3.38. The molecule has 2 rings (SSSR count). The topological polar surface area (TPSA) is 58.6 Å². The summed E-state index contributed by atoms with van der Waals surface area (Å²) in [4.78, 5) is 25.1. The molecule has 1 fully saturated rings. The Morgan fingerprint density at radius 2 is 2.05 bits per heavy atom. The van der Waals surface area contributed by atoms with Crippen LogP contribution in [-0.4, -0.2) is 36.6 Å². The number of likely N-dealkylation sites (tertiary alicyclic amines) is 1. The summed E-state index contributed by atoms with van der Waals surface area (Å²) in [6.07, 6.45) is 0.983. The lowest BCUT2D eigenvalue weighted by atomic mass is 10.2. The highest BCUT2D eigenvalue weighted by Crippen LogP contribution is 2.20. The molecular weight excluding hydrogens is 268 g/mol. The van der Waals surface area contributed by atoms with E-state index in [0.29, 0.717) is 23.7 Å². The minimum absolute atomic E-state index is 0.203. The molecule has 1 heterocycles. The van der Waals surface area contributed by atoms with Gasteiger partial charge in [0.2, 0.25) is 5.91 Å². The number of hydrogen-bond donors (Lipinski definition) is 1. The second kappa shape index (κ2) is 5.93. The molecule has 0 aliphatic carbocycles. The first-order valence-corrected chi connectivity index (χ1v) is 6.40. The largest absolute Gasteiger partial charge is 0.453 e. The van der Waals surface area contributed by atoms with Crippen LogP contribution in [0.2, 0.25) is 5.02 Å². The summed E-state index contributed by atoms with van der Waals surface area (Å²) < 4.78 is 4.67. The van der Waals surface area contributed by atoms with Gasteiger partial charge in [-0.05, 0) is 37.1 Å². The lowest BCUT2D eigenvalue weighted by molar-refractivity contribution is -0.119. The Kier molecular flexibility index (Phi) is 4.27. The van der Waals surface area contributed by atoms with Crippen LogP contribution >= 0.6 is 11.6 Å². The average Bonchev–Trinajstić information content (AvgIpc) is 2.90. The van der Waals surface area contributed by atoms with Gasteiger partial charge < -0.3 is 10.1 Å². The maximum Gasteiger partial charge on any atom is 0.410 e. The number of anilines is 1. The van der Waals surface area contributed by atoms with Gasteiger partial charge in [0, 0.05) is 17.3 Å². The smallest absolute Gasteiger partial charge is 0.410 e. The number of hydrogen-bond acceptors (Lipinski definition) is 3. The minimum atomic E-state index is -0.469. The predicted octanol–water partition coefficient (Wildman–Crippen LogP) is 2.51. The molecule has 1 aromatic rings. The van der Waals surface area contributed by atoms with E-state index in [4.69, 9.17) is 11.6 Å². The minimum Gasteiger partial charge on any atom is -0.453 e. The highest BCUT2D eigenvalue weighted by molar-refractivity contribution is 6.30. The van der Waals surface area contributed by atoms with Crippen LogP contribution in [0.1, 0.15) is 12.8 Å². The van der Waals surface area contributed by atoms with Crippen molar-refractivity contribution in [3.63, 3.8) is 0 Å². The Morgan fingerprint density at radius 3 is 2.68 bits per heavy atom. The van der Waals surface area contributed by atoms with E-state index >= 15 is 0 Å². The van der Waals surface area contributed by atoms with Crippen molar-refractivity contribution in [3.8, 4) is 0 Å². The van der Waals surface area contributed by atoms with E-state index in [1.165, 1.54) is 12.0 Å². The molecule has 5 nitrogen and oxygen atoms in total. The van der Waals surface area contributed by atoms with Gasteiger partial charge in [0.05, 0.1) is 7.11 Å². The van der Waals surface area contributed by atoms with Gasteiger partial charge in [-0.25, -0.2) is 4.79 Å². The molecule has 19 heavy (non-hydrogen) atoms. The van der Waals surface area contributed by atoms with Crippen molar-refractivity contribution >= 4 is 29.3 Å². The van der Waals surface area contributed by atoms with E-state index in [9.17, 15) is 9.59 Å². The van der Waals surface area contributed by atoms with Gasteiger partial charge in [-0.2, -0.15) is 0 Å². The molecule has 0 aromatic heterocycles. The monoisotopic (exact) mass is 282 g/mol. The van der Waals surface area contributed by atoms with Crippen LogP contribution in [0.4, 0.5) is 10.5 Å². The first-order valence-electron chi connectivity index (χ1n) is 6.03. The van der Waals surface area contributed by atoms with Crippen molar-refractivity contribution in [1.29, 1.82) is 0 Å². The molecule has 0 unspecified atom stereocenters. The predicted molar refractivity (Wildman–Crippen MR) is 72.2 cm³/mol. The Hall–Kier alpha value is -1.75. The summed E-state index contributed by atoms with van der Waals surface area (Å²) in [6.45, 7) is 0.547. The van der Waals surface area contributed by atoms with E-state index in [1.54, 1.807) is 24.3 Å².